The summed E-state index contributed by atoms with van der Waals surface area (Å²) in [5.41, 5.74) is 6.70. The van der Waals surface area contributed by atoms with Gasteiger partial charge in [-0.3, -0.25) is 5.10 Å². The van der Waals surface area contributed by atoms with Crippen molar-refractivity contribution >= 4 is 21.8 Å². The number of hydrogen-bond acceptors (Lipinski definition) is 4. The first-order chi connectivity index (χ1) is 12.8. The first-order valence-electron chi connectivity index (χ1n) is 8.91. The molecule has 5 nitrogen and oxygen atoms in total. The summed E-state index contributed by atoms with van der Waals surface area (Å²) in [7, 11) is 1.57. The van der Waals surface area contributed by atoms with E-state index in [2.05, 4.69) is 16.3 Å². The maximum atomic E-state index is 9.93. The highest BCUT2D eigenvalue weighted by atomic mass is 16.5. The molecule has 1 aliphatic rings. The van der Waals surface area contributed by atoms with Crippen LogP contribution >= 0.6 is 0 Å². The number of pyridine rings is 1. The van der Waals surface area contributed by atoms with Crippen molar-refractivity contribution in [2.24, 2.45) is 0 Å². The Bertz CT molecular complexity index is 1150. The van der Waals surface area contributed by atoms with E-state index in [1.807, 2.05) is 24.4 Å². The van der Waals surface area contributed by atoms with E-state index >= 15 is 0 Å². The molecule has 26 heavy (non-hydrogen) atoms. The Kier molecular flexibility index (Phi) is 3.35. The van der Waals surface area contributed by atoms with Crippen LogP contribution in [0.4, 0.5) is 0 Å². The van der Waals surface area contributed by atoms with E-state index in [0.717, 1.165) is 40.5 Å². The third kappa shape index (κ3) is 2.17. The Morgan fingerprint density at radius 2 is 1.92 bits per heavy atom. The van der Waals surface area contributed by atoms with Crippen molar-refractivity contribution < 1.29 is 9.84 Å². The summed E-state index contributed by atoms with van der Waals surface area (Å²) < 4.78 is 5.30. The molecule has 0 saturated heterocycles. The van der Waals surface area contributed by atoms with E-state index in [0.29, 0.717) is 5.75 Å². The molecular weight excluding hydrogens is 326 g/mol. The Labute approximate surface area is 150 Å². The SMILES string of the molecule is COc1cc(-c2nc3ccc4[nH]ncc4c3c3c2CCCC3)ccc1O. The molecule has 0 amide bonds. The van der Waals surface area contributed by atoms with Crippen LogP contribution in [0.2, 0.25) is 0 Å². The summed E-state index contributed by atoms with van der Waals surface area (Å²) in [4.78, 5) is 5.01. The zero-order valence-electron chi connectivity index (χ0n) is 14.5. The zero-order chi connectivity index (χ0) is 17.7. The molecule has 0 radical (unpaired) electrons. The largest absolute Gasteiger partial charge is 0.504 e. The summed E-state index contributed by atoms with van der Waals surface area (Å²) >= 11 is 0. The van der Waals surface area contributed by atoms with Gasteiger partial charge in [-0.2, -0.15) is 5.10 Å². The number of benzene rings is 2. The van der Waals surface area contributed by atoms with Gasteiger partial charge in [0.05, 0.1) is 30.0 Å². The zero-order valence-corrected chi connectivity index (χ0v) is 14.5. The minimum atomic E-state index is 0.144. The number of aromatic nitrogens is 3. The van der Waals surface area contributed by atoms with Crippen LogP contribution in [0.1, 0.15) is 24.0 Å². The molecule has 1 aliphatic carbocycles. The van der Waals surface area contributed by atoms with Gasteiger partial charge in [0, 0.05) is 16.3 Å². The second kappa shape index (κ2) is 5.73. The Morgan fingerprint density at radius 3 is 2.77 bits per heavy atom. The van der Waals surface area contributed by atoms with Gasteiger partial charge in [-0.25, -0.2) is 4.98 Å². The highest BCUT2D eigenvalue weighted by Gasteiger charge is 2.21. The maximum absolute atomic E-state index is 9.93. The van der Waals surface area contributed by atoms with Crippen LogP contribution in [0.5, 0.6) is 11.5 Å². The number of aryl methyl sites for hydroxylation is 1. The summed E-state index contributed by atoms with van der Waals surface area (Å²) in [5, 5.41) is 19.6. The Balaban J connectivity index is 1.85. The molecule has 0 saturated carbocycles. The molecule has 2 N–H and O–H groups in total. The van der Waals surface area contributed by atoms with Crippen LogP contribution in [0.3, 0.4) is 0 Å². The highest BCUT2D eigenvalue weighted by molar-refractivity contribution is 6.07. The van der Waals surface area contributed by atoms with Crippen molar-refractivity contribution in [3.63, 3.8) is 0 Å². The fourth-order valence-electron chi connectivity index (χ4n) is 4.11. The highest BCUT2D eigenvalue weighted by Crippen LogP contribution is 2.39. The topological polar surface area (TPSA) is 71.0 Å². The minimum Gasteiger partial charge on any atom is -0.504 e. The summed E-state index contributed by atoms with van der Waals surface area (Å²) in [6.07, 6.45) is 6.34. The van der Waals surface area contributed by atoms with Crippen LogP contribution in [0.25, 0.3) is 33.1 Å². The molecular formula is C21H19N3O2. The molecule has 130 valence electrons. The molecule has 0 aliphatic heterocycles. The number of rotatable bonds is 2. The van der Waals surface area contributed by atoms with E-state index < -0.39 is 0 Å². The minimum absolute atomic E-state index is 0.144. The number of phenols is 1. The van der Waals surface area contributed by atoms with Gasteiger partial charge in [0.15, 0.2) is 11.5 Å². The number of hydrogen-bond donors (Lipinski definition) is 2. The lowest BCUT2D eigenvalue weighted by Gasteiger charge is -2.22. The van der Waals surface area contributed by atoms with E-state index in [1.54, 1.807) is 13.2 Å². The number of nitrogens with zero attached hydrogens (tertiary/aromatic N) is 2. The molecule has 5 rings (SSSR count). The van der Waals surface area contributed by atoms with E-state index in [1.165, 1.54) is 29.4 Å². The van der Waals surface area contributed by atoms with Gasteiger partial charge in [-0.1, -0.05) is 0 Å². The molecule has 0 atom stereocenters. The Hall–Kier alpha value is -3.08. The van der Waals surface area contributed by atoms with Crippen LogP contribution in [-0.2, 0) is 12.8 Å². The van der Waals surface area contributed by atoms with Crippen LogP contribution < -0.4 is 4.74 Å². The standard InChI is InChI=1S/C21H19N3O2/c1-26-19-10-12(6-9-18(19)25)21-14-5-3-2-4-13(14)20-15-11-22-24-16(15)7-8-17(20)23-21/h6-11,25H,2-5H2,1H3,(H,22,24). The molecule has 5 heteroatoms. The average Bonchev–Trinajstić information content (AvgIpc) is 3.16. The van der Waals surface area contributed by atoms with E-state index in [4.69, 9.17) is 9.72 Å². The smallest absolute Gasteiger partial charge is 0.161 e. The molecule has 2 aromatic carbocycles. The summed E-state index contributed by atoms with van der Waals surface area (Å²) in [6, 6.07) is 9.56. The molecule has 2 aromatic heterocycles. The molecule has 0 spiro atoms. The number of fused-ring (bicyclic) bond motifs is 5. The fraction of sp³-hybridized carbons (Fsp3) is 0.238. The van der Waals surface area contributed by atoms with Gasteiger partial charge in [-0.05, 0) is 67.1 Å². The van der Waals surface area contributed by atoms with Gasteiger partial charge >= 0.3 is 0 Å². The second-order valence-corrected chi connectivity index (χ2v) is 6.80. The van der Waals surface area contributed by atoms with E-state index in [9.17, 15) is 5.11 Å². The number of phenolic OH excluding ortho intramolecular Hbond substituents is 1. The second-order valence-electron chi connectivity index (χ2n) is 6.80. The van der Waals surface area contributed by atoms with Gasteiger partial charge in [0.2, 0.25) is 0 Å². The Morgan fingerprint density at radius 1 is 1.08 bits per heavy atom. The van der Waals surface area contributed by atoms with Crippen LogP contribution in [0.15, 0.2) is 36.5 Å². The molecule has 4 aromatic rings. The third-order valence-corrected chi connectivity index (χ3v) is 5.34. The van der Waals surface area contributed by atoms with Crippen LogP contribution in [-0.4, -0.2) is 27.4 Å². The first-order valence-corrected chi connectivity index (χ1v) is 8.91. The summed E-state index contributed by atoms with van der Waals surface area (Å²) in [5.74, 6) is 0.616. The van der Waals surface area contributed by atoms with E-state index in [-0.39, 0.29) is 5.75 Å². The number of ether oxygens (including phenoxy) is 1. The number of nitrogens with one attached hydrogen (secondary N) is 1. The molecule has 2 heterocycles. The predicted octanol–water partition coefficient (Wildman–Crippen LogP) is 4.37. The summed E-state index contributed by atoms with van der Waals surface area (Å²) in [6.45, 7) is 0. The predicted molar refractivity (Wildman–Crippen MR) is 102 cm³/mol. The number of aromatic amines is 1. The lowest BCUT2D eigenvalue weighted by Crippen LogP contribution is -2.08. The number of methoxy groups -OCH3 is 1. The fourth-order valence-corrected chi connectivity index (χ4v) is 4.11. The first kappa shape index (κ1) is 15.2. The number of H-pyrrole nitrogens is 1. The quantitative estimate of drug-likeness (QED) is 0.566. The van der Waals surface area contributed by atoms with Gasteiger partial charge in [0.25, 0.3) is 0 Å². The van der Waals surface area contributed by atoms with Crippen molar-refractivity contribution in [2.75, 3.05) is 7.11 Å². The van der Waals surface area contributed by atoms with Gasteiger partial charge in [-0.15, -0.1) is 0 Å². The average molecular weight is 345 g/mol. The lowest BCUT2D eigenvalue weighted by molar-refractivity contribution is 0.373. The molecule has 0 fully saturated rings. The van der Waals surface area contributed by atoms with Crippen molar-refractivity contribution in [1.82, 2.24) is 15.2 Å². The van der Waals surface area contributed by atoms with Gasteiger partial charge in [0.1, 0.15) is 0 Å². The van der Waals surface area contributed by atoms with Gasteiger partial charge < -0.3 is 9.84 Å². The normalized spacial score (nSPS) is 13.9. The maximum Gasteiger partial charge on any atom is 0.161 e. The monoisotopic (exact) mass is 345 g/mol. The lowest BCUT2D eigenvalue weighted by atomic mass is 9.85. The third-order valence-electron chi connectivity index (χ3n) is 5.34. The molecule has 0 bridgehead atoms. The van der Waals surface area contributed by atoms with Crippen LogP contribution in [0, 0.1) is 0 Å². The molecule has 0 unspecified atom stereocenters. The van der Waals surface area contributed by atoms with Crippen molar-refractivity contribution in [3.8, 4) is 22.8 Å². The number of aromatic hydroxyl groups is 1. The van der Waals surface area contributed by atoms with Crippen molar-refractivity contribution in [3.05, 3.63) is 47.7 Å². The van der Waals surface area contributed by atoms with Crippen molar-refractivity contribution in [2.45, 2.75) is 25.7 Å². The van der Waals surface area contributed by atoms with Crippen molar-refractivity contribution in [1.29, 1.82) is 0 Å².